The Morgan fingerprint density at radius 3 is 2.37 bits per heavy atom. The molecule has 0 aliphatic carbocycles. The predicted octanol–water partition coefficient (Wildman–Crippen LogP) is 4.29. The molecular formula is C16H15FN2. The number of H-pyrrole nitrogens is 1. The van der Waals surface area contributed by atoms with E-state index in [0.29, 0.717) is 0 Å². The van der Waals surface area contributed by atoms with Crippen molar-refractivity contribution in [2.45, 2.75) is 20.8 Å². The standard InChI is InChI=1S/C16H15FN2/c1-9-6-10(2)15(11(3)7-9)16-18-13-5-4-12(17)8-14(13)19-16/h4-8H,1-3H3,(H,18,19). The monoisotopic (exact) mass is 254 g/mol. The lowest BCUT2D eigenvalue weighted by Gasteiger charge is -2.08. The molecule has 0 radical (unpaired) electrons. The molecule has 3 heteroatoms. The molecule has 96 valence electrons. The zero-order chi connectivity index (χ0) is 13.6. The van der Waals surface area contributed by atoms with E-state index >= 15 is 0 Å². The Bertz CT molecular complexity index is 749. The second-order valence-electron chi connectivity index (χ2n) is 5.02. The highest BCUT2D eigenvalue weighted by Crippen LogP contribution is 2.28. The highest BCUT2D eigenvalue weighted by Gasteiger charge is 2.11. The average molecular weight is 254 g/mol. The fourth-order valence-electron chi connectivity index (χ4n) is 2.65. The molecule has 0 saturated heterocycles. The topological polar surface area (TPSA) is 28.7 Å². The average Bonchev–Trinajstić information content (AvgIpc) is 2.69. The number of hydrogen-bond acceptors (Lipinski definition) is 1. The first kappa shape index (κ1) is 11.9. The van der Waals surface area contributed by atoms with Crippen LogP contribution in [0.15, 0.2) is 30.3 Å². The van der Waals surface area contributed by atoms with Crippen LogP contribution in [0.3, 0.4) is 0 Å². The quantitative estimate of drug-likeness (QED) is 0.689. The van der Waals surface area contributed by atoms with Crippen LogP contribution in [0.25, 0.3) is 22.4 Å². The van der Waals surface area contributed by atoms with Crippen molar-refractivity contribution in [3.8, 4) is 11.4 Å². The van der Waals surface area contributed by atoms with Crippen LogP contribution in [0.2, 0.25) is 0 Å². The summed E-state index contributed by atoms with van der Waals surface area (Å²) in [7, 11) is 0. The van der Waals surface area contributed by atoms with Gasteiger partial charge >= 0.3 is 0 Å². The molecule has 1 aromatic heterocycles. The highest BCUT2D eigenvalue weighted by molar-refractivity contribution is 5.80. The number of aryl methyl sites for hydroxylation is 3. The van der Waals surface area contributed by atoms with Crippen molar-refractivity contribution in [2.24, 2.45) is 0 Å². The Hall–Kier alpha value is -2.16. The number of benzene rings is 2. The van der Waals surface area contributed by atoms with Crippen molar-refractivity contribution in [2.75, 3.05) is 0 Å². The summed E-state index contributed by atoms with van der Waals surface area (Å²) in [6.45, 7) is 6.23. The molecule has 1 heterocycles. The SMILES string of the molecule is Cc1cc(C)c(-c2nc3ccc(F)cc3[nH]2)c(C)c1. The van der Waals surface area contributed by atoms with Crippen molar-refractivity contribution in [3.05, 3.63) is 52.8 Å². The number of aromatic amines is 1. The summed E-state index contributed by atoms with van der Waals surface area (Å²) in [5, 5.41) is 0. The van der Waals surface area contributed by atoms with Crippen LogP contribution in [-0.4, -0.2) is 9.97 Å². The molecule has 2 nitrogen and oxygen atoms in total. The van der Waals surface area contributed by atoms with Crippen molar-refractivity contribution in [1.29, 1.82) is 0 Å². The van der Waals surface area contributed by atoms with Crippen LogP contribution in [0.1, 0.15) is 16.7 Å². The van der Waals surface area contributed by atoms with Crippen molar-refractivity contribution in [3.63, 3.8) is 0 Å². The first-order chi connectivity index (χ1) is 9.04. The lowest BCUT2D eigenvalue weighted by Crippen LogP contribution is -1.91. The summed E-state index contributed by atoms with van der Waals surface area (Å²) in [5.74, 6) is 0.552. The fourth-order valence-corrected chi connectivity index (χ4v) is 2.65. The molecule has 0 spiro atoms. The summed E-state index contributed by atoms with van der Waals surface area (Å²) in [4.78, 5) is 7.76. The minimum atomic E-state index is -0.250. The number of nitrogens with zero attached hydrogens (tertiary/aromatic N) is 1. The van der Waals surface area contributed by atoms with Gasteiger partial charge in [0.15, 0.2) is 0 Å². The third-order valence-corrected chi connectivity index (χ3v) is 3.36. The van der Waals surface area contributed by atoms with Crippen LogP contribution < -0.4 is 0 Å². The maximum Gasteiger partial charge on any atom is 0.139 e. The van der Waals surface area contributed by atoms with E-state index in [-0.39, 0.29) is 5.82 Å². The van der Waals surface area contributed by atoms with Crippen LogP contribution >= 0.6 is 0 Å². The number of fused-ring (bicyclic) bond motifs is 1. The van der Waals surface area contributed by atoms with Gasteiger partial charge in [-0.1, -0.05) is 17.7 Å². The van der Waals surface area contributed by atoms with Gasteiger partial charge in [0.25, 0.3) is 0 Å². The van der Waals surface area contributed by atoms with Crippen LogP contribution in [0.4, 0.5) is 4.39 Å². The van der Waals surface area contributed by atoms with Gasteiger partial charge in [-0.2, -0.15) is 0 Å². The molecule has 0 atom stereocenters. The Morgan fingerprint density at radius 2 is 1.68 bits per heavy atom. The van der Waals surface area contributed by atoms with Crippen LogP contribution in [0.5, 0.6) is 0 Å². The number of aromatic nitrogens is 2. The number of rotatable bonds is 1. The third kappa shape index (κ3) is 2.01. The maximum atomic E-state index is 13.2. The van der Waals surface area contributed by atoms with Gasteiger partial charge in [0, 0.05) is 5.56 Å². The molecule has 0 saturated carbocycles. The Kier molecular flexibility index (Phi) is 2.63. The normalized spacial score (nSPS) is 11.2. The number of halogens is 1. The van der Waals surface area contributed by atoms with E-state index in [1.54, 1.807) is 6.07 Å². The summed E-state index contributed by atoms with van der Waals surface area (Å²) >= 11 is 0. The summed E-state index contributed by atoms with van der Waals surface area (Å²) < 4.78 is 13.2. The molecule has 3 aromatic rings. The molecule has 0 unspecified atom stereocenters. The van der Waals surface area contributed by atoms with Crippen molar-refractivity contribution >= 4 is 11.0 Å². The minimum Gasteiger partial charge on any atom is -0.338 e. The van der Waals surface area contributed by atoms with Gasteiger partial charge in [-0.25, -0.2) is 9.37 Å². The van der Waals surface area contributed by atoms with Gasteiger partial charge in [-0.15, -0.1) is 0 Å². The highest BCUT2D eigenvalue weighted by atomic mass is 19.1. The lowest BCUT2D eigenvalue weighted by molar-refractivity contribution is 0.629. The molecule has 0 bridgehead atoms. The molecule has 0 fully saturated rings. The van der Waals surface area contributed by atoms with E-state index in [0.717, 1.165) is 22.4 Å². The minimum absolute atomic E-state index is 0.250. The molecule has 0 aliphatic heterocycles. The Labute approximate surface area is 111 Å². The first-order valence-corrected chi connectivity index (χ1v) is 6.28. The molecular weight excluding hydrogens is 239 g/mol. The van der Waals surface area contributed by atoms with Gasteiger partial charge in [0.2, 0.25) is 0 Å². The summed E-state index contributed by atoms with van der Waals surface area (Å²) in [6.07, 6.45) is 0. The van der Waals surface area contributed by atoms with Gasteiger partial charge in [-0.3, -0.25) is 0 Å². The smallest absolute Gasteiger partial charge is 0.139 e. The van der Waals surface area contributed by atoms with Crippen molar-refractivity contribution in [1.82, 2.24) is 9.97 Å². The van der Waals surface area contributed by atoms with E-state index in [1.165, 1.54) is 28.8 Å². The Balaban J connectivity index is 2.24. The second-order valence-corrected chi connectivity index (χ2v) is 5.02. The van der Waals surface area contributed by atoms with Gasteiger partial charge in [0.1, 0.15) is 11.6 Å². The van der Waals surface area contributed by atoms with Crippen LogP contribution in [0, 0.1) is 26.6 Å². The number of nitrogens with one attached hydrogen (secondary N) is 1. The van der Waals surface area contributed by atoms with Gasteiger partial charge in [-0.05, 0) is 50.1 Å². The van der Waals surface area contributed by atoms with Gasteiger partial charge < -0.3 is 4.98 Å². The summed E-state index contributed by atoms with van der Waals surface area (Å²) in [6, 6.07) is 8.88. The molecule has 1 N–H and O–H groups in total. The predicted molar refractivity (Wildman–Crippen MR) is 75.7 cm³/mol. The third-order valence-electron chi connectivity index (χ3n) is 3.36. The molecule has 2 aromatic carbocycles. The zero-order valence-electron chi connectivity index (χ0n) is 11.2. The van der Waals surface area contributed by atoms with E-state index in [9.17, 15) is 4.39 Å². The Morgan fingerprint density at radius 1 is 1.00 bits per heavy atom. The van der Waals surface area contributed by atoms with E-state index in [2.05, 4.69) is 42.9 Å². The lowest BCUT2D eigenvalue weighted by atomic mass is 9.99. The zero-order valence-corrected chi connectivity index (χ0v) is 11.2. The number of hydrogen-bond donors (Lipinski definition) is 1. The second kappa shape index (κ2) is 4.19. The first-order valence-electron chi connectivity index (χ1n) is 6.28. The van der Waals surface area contributed by atoms with Gasteiger partial charge in [0.05, 0.1) is 11.0 Å². The van der Waals surface area contributed by atoms with E-state index in [4.69, 9.17) is 0 Å². The molecule has 0 aliphatic rings. The van der Waals surface area contributed by atoms with Crippen molar-refractivity contribution < 1.29 is 4.39 Å². The number of imidazole rings is 1. The molecule has 19 heavy (non-hydrogen) atoms. The summed E-state index contributed by atoms with van der Waals surface area (Å²) in [5.41, 5.74) is 6.21. The maximum absolute atomic E-state index is 13.2. The van der Waals surface area contributed by atoms with E-state index in [1.807, 2.05) is 0 Å². The molecule has 0 amide bonds. The van der Waals surface area contributed by atoms with Crippen LogP contribution in [-0.2, 0) is 0 Å². The van der Waals surface area contributed by atoms with E-state index < -0.39 is 0 Å². The fraction of sp³-hybridized carbons (Fsp3) is 0.188. The largest absolute Gasteiger partial charge is 0.338 e. The molecule has 3 rings (SSSR count).